The van der Waals surface area contributed by atoms with Gasteiger partial charge in [-0.15, -0.1) is 0 Å². The Labute approximate surface area is 129 Å². The molecule has 1 fully saturated rings. The lowest BCUT2D eigenvalue weighted by molar-refractivity contribution is -0.119. The molecule has 0 aromatic heterocycles. The van der Waals surface area contributed by atoms with Gasteiger partial charge in [0.2, 0.25) is 5.91 Å². The molecule has 0 N–H and O–H groups in total. The lowest BCUT2D eigenvalue weighted by Gasteiger charge is -2.41. The SMILES string of the molecule is O=C1CCc2ccc(F)cc2N1CC1(CS)CCOCC1. The van der Waals surface area contributed by atoms with E-state index in [0.29, 0.717) is 38.4 Å². The van der Waals surface area contributed by atoms with Gasteiger partial charge in [-0.1, -0.05) is 6.07 Å². The van der Waals surface area contributed by atoms with Crippen molar-refractivity contribution >= 4 is 24.2 Å². The van der Waals surface area contributed by atoms with Crippen molar-refractivity contribution in [2.24, 2.45) is 5.41 Å². The number of nitrogens with zero attached hydrogens (tertiary/aromatic N) is 1. The Morgan fingerprint density at radius 2 is 2.05 bits per heavy atom. The summed E-state index contributed by atoms with van der Waals surface area (Å²) in [5, 5.41) is 0. The number of aryl methyl sites for hydroxylation is 1. The fraction of sp³-hybridized carbons (Fsp3) is 0.562. The molecule has 2 aliphatic heterocycles. The molecule has 114 valence electrons. The number of anilines is 1. The minimum absolute atomic E-state index is 0.0298. The van der Waals surface area contributed by atoms with Gasteiger partial charge in [0, 0.05) is 37.3 Å². The lowest BCUT2D eigenvalue weighted by Crippen LogP contribution is -2.47. The number of halogens is 1. The Kier molecular flexibility index (Phi) is 4.22. The number of carbonyl (C=O) groups is 1. The van der Waals surface area contributed by atoms with Gasteiger partial charge >= 0.3 is 0 Å². The first kappa shape index (κ1) is 14.9. The van der Waals surface area contributed by atoms with E-state index in [1.54, 1.807) is 11.0 Å². The molecule has 0 aliphatic carbocycles. The van der Waals surface area contributed by atoms with Crippen LogP contribution in [0.15, 0.2) is 18.2 Å². The van der Waals surface area contributed by atoms with E-state index in [1.165, 1.54) is 12.1 Å². The van der Waals surface area contributed by atoms with Crippen LogP contribution in [-0.4, -0.2) is 31.4 Å². The van der Waals surface area contributed by atoms with Crippen LogP contribution in [0, 0.1) is 11.2 Å². The smallest absolute Gasteiger partial charge is 0.227 e. The third-order valence-electron chi connectivity index (χ3n) is 4.63. The molecular formula is C16H20FNO2S. The highest BCUT2D eigenvalue weighted by molar-refractivity contribution is 7.80. The fourth-order valence-corrected chi connectivity index (χ4v) is 3.61. The summed E-state index contributed by atoms with van der Waals surface area (Å²) < 4.78 is 19.0. The summed E-state index contributed by atoms with van der Waals surface area (Å²) in [6.45, 7) is 2.02. The van der Waals surface area contributed by atoms with Crippen molar-refractivity contribution in [2.75, 3.05) is 30.4 Å². The first-order chi connectivity index (χ1) is 10.1. The number of carbonyl (C=O) groups excluding carboxylic acids is 1. The van der Waals surface area contributed by atoms with E-state index >= 15 is 0 Å². The van der Waals surface area contributed by atoms with Gasteiger partial charge in [-0.25, -0.2) is 4.39 Å². The lowest BCUT2D eigenvalue weighted by atomic mass is 9.81. The van der Waals surface area contributed by atoms with Gasteiger partial charge in [0.25, 0.3) is 0 Å². The number of amides is 1. The van der Waals surface area contributed by atoms with Crippen LogP contribution in [0.2, 0.25) is 0 Å². The summed E-state index contributed by atoms with van der Waals surface area (Å²) in [6, 6.07) is 4.75. The summed E-state index contributed by atoms with van der Waals surface area (Å²) in [7, 11) is 0. The van der Waals surface area contributed by atoms with Gasteiger partial charge in [-0.3, -0.25) is 4.79 Å². The van der Waals surface area contributed by atoms with Crippen LogP contribution in [0.1, 0.15) is 24.8 Å². The first-order valence-electron chi connectivity index (χ1n) is 7.41. The molecule has 2 heterocycles. The van der Waals surface area contributed by atoms with E-state index in [2.05, 4.69) is 12.6 Å². The molecule has 1 aromatic carbocycles. The van der Waals surface area contributed by atoms with Crippen molar-refractivity contribution in [1.82, 2.24) is 0 Å². The molecule has 21 heavy (non-hydrogen) atoms. The predicted molar refractivity (Wildman–Crippen MR) is 83.4 cm³/mol. The van der Waals surface area contributed by atoms with E-state index in [4.69, 9.17) is 4.74 Å². The molecule has 1 saturated heterocycles. The maximum absolute atomic E-state index is 13.6. The van der Waals surface area contributed by atoms with Gasteiger partial charge in [0.15, 0.2) is 0 Å². The molecule has 0 atom stereocenters. The van der Waals surface area contributed by atoms with Gasteiger partial charge in [-0.05, 0) is 42.7 Å². The third-order valence-corrected chi connectivity index (χ3v) is 5.30. The standard InChI is InChI=1S/C16H20FNO2S/c17-13-3-1-12-2-4-15(19)18(14(12)9-13)10-16(11-21)5-7-20-8-6-16/h1,3,9,21H,2,4-8,10-11H2. The third kappa shape index (κ3) is 2.94. The molecule has 0 spiro atoms. The molecule has 0 bridgehead atoms. The van der Waals surface area contributed by atoms with Crippen molar-refractivity contribution < 1.29 is 13.9 Å². The Morgan fingerprint density at radius 3 is 2.76 bits per heavy atom. The van der Waals surface area contributed by atoms with Crippen LogP contribution in [0.3, 0.4) is 0 Å². The summed E-state index contributed by atoms with van der Waals surface area (Å²) in [5.41, 5.74) is 1.76. The number of benzene rings is 1. The molecular weight excluding hydrogens is 289 g/mol. The normalized spacial score (nSPS) is 21.2. The monoisotopic (exact) mass is 309 g/mol. The van der Waals surface area contributed by atoms with E-state index in [0.717, 1.165) is 24.1 Å². The van der Waals surface area contributed by atoms with Crippen LogP contribution in [0.25, 0.3) is 0 Å². The maximum Gasteiger partial charge on any atom is 0.227 e. The first-order valence-corrected chi connectivity index (χ1v) is 8.04. The van der Waals surface area contributed by atoms with Crippen LogP contribution in [0.4, 0.5) is 10.1 Å². The predicted octanol–water partition coefficient (Wildman–Crippen LogP) is 2.83. The Hall–Kier alpha value is -1.07. The van der Waals surface area contributed by atoms with E-state index < -0.39 is 0 Å². The molecule has 0 radical (unpaired) electrons. The zero-order chi connectivity index (χ0) is 14.9. The van der Waals surface area contributed by atoms with Crippen molar-refractivity contribution in [3.8, 4) is 0 Å². The topological polar surface area (TPSA) is 29.5 Å². The highest BCUT2D eigenvalue weighted by Gasteiger charge is 2.37. The van der Waals surface area contributed by atoms with Crippen molar-refractivity contribution in [2.45, 2.75) is 25.7 Å². The summed E-state index contributed by atoms with van der Waals surface area (Å²) in [5.74, 6) is 0.506. The molecule has 2 aliphatic rings. The highest BCUT2D eigenvalue weighted by atomic mass is 32.1. The fourth-order valence-electron chi connectivity index (χ4n) is 3.19. The quantitative estimate of drug-likeness (QED) is 0.870. The summed E-state index contributed by atoms with van der Waals surface area (Å²) in [4.78, 5) is 14.1. The van der Waals surface area contributed by atoms with E-state index in [9.17, 15) is 9.18 Å². The minimum atomic E-state index is -0.291. The number of rotatable bonds is 3. The van der Waals surface area contributed by atoms with Crippen LogP contribution in [0.5, 0.6) is 0 Å². The van der Waals surface area contributed by atoms with Crippen LogP contribution in [-0.2, 0) is 16.0 Å². The molecule has 0 saturated carbocycles. The molecule has 1 amide bonds. The zero-order valence-corrected chi connectivity index (χ0v) is 12.9. The van der Waals surface area contributed by atoms with Gasteiger partial charge in [0.05, 0.1) is 0 Å². The van der Waals surface area contributed by atoms with Gasteiger partial charge < -0.3 is 9.64 Å². The minimum Gasteiger partial charge on any atom is -0.381 e. The maximum atomic E-state index is 13.6. The molecule has 5 heteroatoms. The van der Waals surface area contributed by atoms with Crippen LogP contribution >= 0.6 is 12.6 Å². The second-order valence-electron chi connectivity index (χ2n) is 6.02. The molecule has 1 aromatic rings. The molecule has 3 nitrogen and oxygen atoms in total. The van der Waals surface area contributed by atoms with Crippen molar-refractivity contribution in [1.29, 1.82) is 0 Å². The van der Waals surface area contributed by atoms with E-state index in [1.807, 2.05) is 0 Å². The number of fused-ring (bicyclic) bond motifs is 1. The Balaban J connectivity index is 1.90. The largest absolute Gasteiger partial charge is 0.381 e. The van der Waals surface area contributed by atoms with Crippen molar-refractivity contribution in [3.63, 3.8) is 0 Å². The van der Waals surface area contributed by atoms with Gasteiger partial charge in [0.1, 0.15) is 5.82 Å². The molecule has 3 rings (SSSR count). The number of ether oxygens (including phenoxy) is 1. The zero-order valence-electron chi connectivity index (χ0n) is 12.0. The average Bonchev–Trinajstić information content (AvgIpc) is 2.51. The average molecular weight is 309 g/mol. The summed E-state index contributed by atoms with van der Waals surface area (Å²) in [6.07, 6.45) is 2.98. The second-order valence-corrected chi connectivity index (χ2v) is 6.34. The van der Waals surface area contributed by atoms with Crippen molar-refractivity contribution in [3.05, 3.63) is 29.6 Å². The molecule has 0 unspecified atom stereocenters. The number of thiol groups is 1. The summed E-state index contributed by atoms with van der Waals surface area (Å²) >= 11 is 4.50. The Bertz CT molecular complexity index is 543. The van der Waals surface area contributed by atoms with Crippen LogP contribution < -0.4 is 4.90 Å². The highest BCUT2D eigenvalue weighted by Crippen LogP contribution is 2.37. The number of hydrogen-bond acceptors (Lipinski definition) is 3. The second kappa shape index (κ2) is 5.97. The Morgan fingerprint density at radius 1 is 1.29 bits per heavy atom. The van der Waals surface area contributed by atoms with E-state index in [-0.39, 0.29) is 17.1 Å². The van der Waals surface area contributed by atoms with Gasteiger partial charge in [-0.2, -0.15) is 12.6 Å². The number of hydrogen-bond donors (Lipinski definition) is 1.